The van der Waals surface area contributed by atoms with Crippen LogP contribution >= 0.6 is 11.6 Å². The number of anilines is 1. The highest BCUT2D eigenvalue weighted by atomic mass is 35.5. The predicted molar refractivity (Wildman–Crippen MR) is 79.6 cm³/mol. The van der Waals surface area contributed by atoms with Crippen LogP contribution in [-0.2, 0) is 0 Å². The smallest absolute Gasteiger partial charge is 0.207 e. The average Bonchev–Trinajstić information content (AvgIpc) is 2.75. The number of hydrogen-bond donors (Lipinski definition) is 1. The summed E-state index contributed by atoms with van der Waals surface area (Å²) in [6.07, 6.45) is 0. The van der Waals surface area contributed by atoms with Gasteiger partial charge in [0.25, 0.3) is 0 Å². The number of aryl methyl sites for hydroxylation is 1. The van der Waals surface area contributed by atoms with Crippen molar-refractivity contribution < 1.29 is 4.74 Å². The summed E-state index contributed by atoms with van der Waals surface area (Å²) < 4.78 is 7.01. The summed E-state index contributed by atoms with van der Waals surface area (Å²) >= 11 is 6.04. The molecule has 0 amide bonds. The van der Waals surface area contributed by atoms with Gasteiger partial charge in [0.2, 0.25) is 5.95 Å². The van der Waals surface area contributed by atoms with Gasteiger partial charge in [0.05, 0.1) is 17.8 Å². The van der Waals surface area contributed by atoms with Gasteiger partial charge in [0.15, 0.2) is 5.65 Å². The van der Waals surface area contributed by atoms with E-state index < -0.39 is 0 Å². The molecule has 3 rings (SSSR count). The highest BCUT2D eigenvalue weighted by molar-refractivity contribution is 6.32. The molecule has 0 saturated heterocycles. The van der Waals surface area contributed by atoms with Crippen molar-refractivity contribution in [2.75, 3.05) is 12.8 Å². The van der Waals surface area contributed by atoms with Crippen LogP contribution < -0.4 is 10.5 Å². The molecule has 5 nitrogen and oxygen atoms in total. The van der Waals surface area contributed by atoms with Crippen molar-refractivity contribution in [1.29, 1.82) is 0 Å². The molecule has 0 aliphatic rings. The van der Waals surface area contributed by atoms with Gasteiger partial charge in [-0.3, -0.25) is 4.57 Å². The molecule has 2 aromatic heterocycles. The number of ether oxygens (including phenoxy) is 1. The number of nitrogen functional groups attached to an aromatic ring is 1. The van der Waals surface area contributed by atoms with Crippen LogP contribution in [0.15, 0.2) is 30.3 Å². The first-order valence-electron chi connectivity index (χ1n) is 6.05. The zero-order valence-corrected chi connectivity index (χ0v) is 11.8. The molecule has 3 aromatic rings. The predicted octanol–water partition coefficient (Wildman–Crippen LogP) is 2.97. The molecule has 102 valence electrons. The van der Waals surface area contributed by atoms with E-state index >= 15 is 0 Å². The number of hydrogen-bond acceptors (Lipinski definition) is 4. The molecular formula is C14H13ClN4O. The fourth-order valence-corrected chi connectivity index (χ4v) is 2.31. The number of aromatic nitrogens is 3. The number of halogens is 1. The average molecular weight is 289 g/mol. The quantitative estimate of drug-likeness (QED) is 0.787. The molecule has 20 heavy (non-hydrogen) atoms. The molecule has 0 saturated carbocycles. The van der Waals surface area contributed by atoms with Crippen molar-refractivity contribution >= 4 is 28.7 Å². The van der Waals surface area contributed by atoms with Crippen LogP contribution in [0.2, 0.25) is 5.02 Å². The second kappa shape index (κ2) is 4.68. The number of benzene rings is 1. The maximum atomic E-state index is 6.04. The number of pyridine rings is 1. The van der Waals surface area contributed by atoms with Gasteiger partial charge in [-0.05, 0) is 31.2 Å². The number of nitrogens with two attached hydrogens (primary N) is 1. The van der Waals surface area contributed by atoms with E-state index in [9.17, 15) is 0 Å². The van der Waals surface area contributed by atoms with E-state index in [1.807, 2.05) is 31.2 Å². The number of fused-ring (bicyclic) bond motifs is 1. The van der Waals surface area contributed by atoms with Gasteiger partial charge < -0.3 is 10.5 Å². The molecule has 0 unspecified atom stereocenters. The summed E-state index contributed by atoms with van der Waals surface area (Å²) in [5.74, 6) is 0.959. The van der Waals surface area contributed by atoms with Gasteiger partial charge in [-0.25, -0.2) is 9.97 Å². The monoisotopic (exact) mass is 288 g/mol. The zero-order valence-electron chi connectivity index (χ0n) is 11.1. The van der Waals surface area contributed by atoms with Crippen molar-refractivity contribution in [3.63, 3.8) is 0 Å². The molecule has 0 spiro atoms. The molecule has 0 bridgehead atoms. The Morgan fingerprint density at radius 3 is 2.75 bits per heavy atom. The third-order valence-electron chi connectivity index (χ3n) is 3.06. The second-order valence-electron chi connectivity index (χ2n) is 4.42. The van der Waals surface area contributed by atoms with Crippen LogP contribution in [0.5, 0.6) is 5.75 Å². The van der Waals surface area contributed by atoms with Crippen LogP contribution in [0.3, 0.4) is 0 Å². The number of imidazole rings is 1. The summed E-state index contributed by atoms with van der Waals surface area (Å²) in [7, 11) is 1.57. The minimum Gasteiger partial charge on any atom is -0.495 e. The Bertz CT molecular complexity index is 797. The highest BCUT2D eigenvalue weighted by Crippen LogP contribution is 2.29. The topological polar surface area (TPSA) is 66.0 Å². The molecular weight excluding hydrogens is 276 g/mol. The van der Waals surface area contributed by atoms with Crippen LogP contribution in [-0.4, -0.2) is 21.6 Å². The Labute approximate surface area is 121 Å². The van der Waals surface area contributed by atoms with E-state index in [0.717, 1.165) is 16.9 Å². The molecule has 0 aliphatic carbocycles. The summed E-state index contributed by atoms with van der Waals surface area (Å²) in [5.41, 5.74) is 9.18. The van der Waals surface area contributed by atoms with E-state index in [2.05, 4.69) is 9.97 Å². The summed E-state index contributed by atoms with van der Waals surface area (Å²) in [5, 5.41) is 0.545. The van der Waals surface area contributed by atoms with Gasteiger partial charge in [-0.15, -0.1) is 0 Å². The van der Waals surface area contributed by atoms with Crippen LogP contribution in [0, 0.1) is 6.92 Å². The van der Waals surface area contributed by atoms with Crippen molar-refractivity contribution in [1.82, 2.24) is 14.5 Å². The standard InChI is InChI=1S/C14H13ClN4O/c1-8-3-6-11-13(17-8)19(14(16)18-11)9-4-5-10(15)12(7-9)20-2/h3-7H,1-2H3,(H2,16,18). The van der Waals surface area contributed by atoms with Gasteiger partial charge >= 0.3 is 0 Å². The summed E-state index contributed by atoms with van der Waals surface area (Å²) in [6, 6.07) is 9.23. The molecule has 0 fully saturated rings. The lowest BCUT2D eigenvalue weighted by atomic mass is 10.3. The molecule has 2 heterocycles. The Kier molecular flexibility index (Phi) is 2.99. The minimum absolute atomic E-state index is 0.377. The first-order chi connectivity index (χ1) is 9.60. The Morgan fingerprint density at radius 2 is 2.00 bits per heavy atom. The SMILES string of the molecule is COc1cc(-n2c(N)nc3ccc(C)nc32)ccc1Cl. The Balaban J connectivity index is 2.28. The van der Waals surface area contributed by atoms with Crippen molar-refractivity contribution in [2.24, 2.45) is 0 Å². The molecule has 2 N–H and O–H groups in total. The molecule has 0 aliphatic heterocycles. The third-order valence-corrected chi connectivity index (χ3v) is 3.37. The zero-order chi connectivity index (χ0) is 14.3. The lowest BCUT2D eigenvalue weighted by Crippen LogP contribution is -2.02. The Morgan fingerprint density at radius 1 is 1.20 bits per heavy atom. The van der Waals surface area contributed by atoms with E-state index in [4.69, 9.17) is 22.1 Å². The Hall–Kier alpha value is -2.27. The van der Waals surface area contributed by atoms with Gasteiger partial charge in [-0.1, -0.05) is 11.6 Å². The van der Waals surface area contributed by atoms with E-state index in [1.54, 1.807) is 17.7 Å². The van der Waals surface area contributed by atoms with Crippen LogP contribution in [0.1, 0.15) is 5.69 Å². The van der Waals surface area contributed by atoms with Crippen LogP contribution in [0.4, 0.5) is 5.95 Å². The largest absolute Gasteiger partial charge is 0.495 e. The highest BCUT2D eigenvalue weighted by Gasteiger charge is 2.13. The lowest BCUT2D eigenvalue weighted by Gasteiger charge is -2.09. The van der Waals surface area contributed by atoms with Crippen molar-refractivity contribution in [2.45, 2.75) is 6.92 Å². The number of methoxy groups -OCH3 is 1. The molecule has 1 aromatic carbocycles. The van der Waals surface area contributed by atoms with Crippen molar-refractivity contribution in [3.8, 4) is 11.4 Å². The fourth-order valence-electron chi connectivity index (χ4n) is 2.11. The van der Waals surface area contributed by atoms with Gasteiger partial charge in [0.1, 0.15) is 11.3 Å². The first-order valence-corrected chi connectivity index (χ1v) is 6.43. The maximum Gasteiger partial charge on any atom is 0.207 e. The third kappa shape index (κ3) is 1.96. The van der Waals surface area contributed by atoms with Crippen molar-refractivity contribution in [3.05, 3.63) is 41.0 Å². The normalized spacial score (nSPS) is 10.9. The van der Waals surface area contributed by atoms with E-state index in [-0.39, 0.29) is 0 Å². The van der Waals surface area contributed by atoms with Crippen LogP contribution in [0.25, 0.3) is 16.9 Å². The summed E-state index contributed by atoms with van der Waals surface area (Å²) in [4.78, 5) is 8.81. The number of nitrogens with zero attached hydrogens (tertiary/aromatic N) is 3. The van der Waals surface area contributed by atoms with Gasteiger partial charge in [0, 0.05) is 11.8 Å². The van der Waals surface area contributed by atoms with E-state index in [1.165, 1.54) is 0 Å². The molecule has 6 heteroatoms. The number of rotatable bonds is 2. The van der Waals surface area contributed by atoms with Gasteiger partial charge in [-0.2, -0.15) is 0 Å². The second-order valence-corrected chi connectivity index (χ2v) is 4.83. The maximum absolute atomic E-state index is 6.04. The van der Waals surface area contributed by atoms with E-state index in [0.29, 0.717) is 22.4 Å². The molecule has 0 radical (unpaired) electrons. The lowest BCUT2D eigenvalue weighted by molar-refractivity contribution is 0.415. The molecule has 0 atom stereocenters. The fraction of sp³-hybridized carbons (Fsp3) is 0.143. The first kappa shape index (κ1) is 12.7. The minimum atomic E-state index is 0.377. The summed E-state index contributed by atoms with van der Waals surface area (Å²) in [6.45, 7) is 1.93.